The fraction of sp³-hybridized carbons (Fsp3) is 0.636. The number of halogens is 1. The molecule has 5 nitrogen and oxygen atoms in total. The number of amides is 2. The lowest BCUT2D eigenvalue weighted by molar-refractivity contribution is -0.122. The van der Waals surface area contributed by atoms with E-state index in [4.69, 9.17) is 4.74 Å². The molecule has 2 aliphatic rings. The maximum Gasteiger partial charge on any atom is 0.410 e. The van der Waals surface area contributed by atoms with Gasteiger partial charge in [-0.1, -0.05) is 12.1 Å². The largest absolute Gasteiger partial charge is 0.444 e. The second kappa shape index (κ2) is 8.50. The molecule has 3 unspecified atom stereocenters. The predicted octanol–water partition coefficient (Wildman–Crippen LogP) is 4.08. The Balaban J connectivity index is 1.39. The Labute approximate surface area is 166 Å². The number of carbonyl (C=O) groups is 2. The fourth-order valence-corrected chi connectivity index (χ4v) is 3.91. The molecule has 154 valence electrons. The molecule has 3 rings (SSSR count). The van der Waals surface area contributed by atoms with Crippen LogP contribution in [0.5, 0.6) is 0 Å². The third kappa shape index (κ3) is 5.69. The highest BCUT2D eigenvalue weighted by molar-refractivity contribution is 5.82. The van der Waals surface area contributed by atoms with E-state index in [0.29, 0.717) is 19.0 Å². The molecule has 1 aromatic rings. The smallest absolute Gasteiger partial charge is 0.410 e. The highest BCUT2D eigenvalue weighted by Gasteiger charge is 2.43. The SMILES string of the molecule is CC(C)(C)OC(=O)N1CCCC(CCNC(=O)C2CC2c2cccc(F)c2)C1. The molecule has 2 fully saturated rings. The lowest BCUT2D eigenvalue weighted by Crippen LogP contribution is -2.43. The Kier molecular flexibility index (Phi) is 6.26. The van der Waals surface area contributed by atoms with Crippen LogP contribution in [-0.4, -0.2) is 42.1 Å². The fourth-order valence-electron chi connectivity index (χ4n) is 3.91. The van der Waals surface area contributed by atoms with Gasteiger partial charge in [-0.2, -0.15) is 0 Å². The predicted molar refractivity (Wildman–Crippen MR) is 105 cm³/mol. The molecule has 6 heteroatoms. The number of ether oxygens (including phenoxy) is 1. The Morgan fingerprint density at radius 2 is 2.11 bits per heavy atom. The zero-order valence-electron chi connectivity index (χ0n) is 17.0. The van der Waals surface area contributed by atoms with Gasteiger partial charge in [0.05, 0.1) is 0 Å². The highest BCUT2D eigenvalue weighted by atomic mass is 19.1. The van der Waals surface area contributed by atoms with Gasteiger partial charge in [0, 0.05) is 25.6 Å². The lowest BCUT2D eigenvalue weighted by Gasteiger charge is -2.34. The molecule has 1 saturated carbocycles. The first-order valence-electron chi connectivity index (χ1n) is 10.2. The topological polar surface area (TPSA) is 58.6 Å². The van der Waals surface area contributed by atoms with Crippen LogP contribution in [0.3, 0.4) is 0 Å². The molecule has 0 bridgehead atoms. The summed E-state index contributed by atoms with van der Waals surface area (Å²) in [7, 11) is 0. The monoisotopic (exact) mass is 390 g/mol. The molecule has 1 aliphatic heterocycles. The van der Waals surface area contributed by atoms with E-state index in [1.54, 1.807) is 11.0 Å². The van der Waals surface area contributed by atoms with Crippen LogP contribution in [0, 0.1) is 17.7 Å². The van der Waals surface area contributed by atoms with Crippen molar-refractivity contribution in [2.24, 2.45) is 11.8 Å². The summed E-state index contributed by atoms with van der Waals surface area (Å²) in [5.74, 6) is 0.253. The maximum atomic E-state index is 13.3. The molecule has 1 heterocycles. The number of benzene rings is 1. The molecular formula is C22H31FN2O3. The summed E-state index contributed by atoms with van der Waals surface area (Å²) in [4.78, 5) is 26.4. The van der Waals surface area contributed by atoms with Gasteiger partial charge in [0.15, 0.2) is 0 Å². The summed E-state index contributed by atoms with van der Waals surface area (Å²) in [5.41, 5.74) is 0.418. The van der Waals surface area contributed by atoms with Crippen LogP contribution in [0.1, 0.15) is 57.9 Å². The van der Waals surface area contributed by atoms with Gasteiger partial charge in [-0.15, -0.1) is 0 Å². The number of hydrogen-bond acceptors (Lipinski definition) is 3. The Morgan fingerprint density at radius 3 is 2.82 bits per heavy atom. The highest BCUT2D eigenvalue weighted by Crippen LogP contribution is 2.47. The van der Waals surface area contributed by atoms with E-state index in [9.17, 15) is 14.0 Å². The first-order chi connectivity index (χ1) is 13.2. The number of hydrogen-bond donors (Lipinski definition) is 1. The third-order valence-electron chi connectivity index (χ3n) is 5.43. The van der Waals surface area contributed by atoms with Gasteiger partial charge in [0.25, 0.3) is 0 Å². The third-order valence-corrected chi connectivity index (χ3v) is 5.43. The van der Waals surface area contributed by atoms with Gasteiger partial charge in [-0.25, -0.2) is 9.18 Å². The lowest BCUT2D eigenvalue weighted by atomic mass is 9.95. The average molecular weight is 390 g/mol. The molecule has 1 aromatic carbocycles. The standard InChI is InChI=1S/C22H31FN2O3/c1-22(2,3)28-21(27)25-11-5-6-15(14-25)9-10-24-20(26)19-13-18(19)16-7-4-8-17(23)12-16/h4,7-8,12,15,18-19H,5-6,9-11,13-14H2,1-3H3,(H,24,26). The number of piperidine rings is 1. The van der Waals surface area contributed by atoms with Crippen molar-refractivity contribution in [2.45, 2.75) is 58.0 Å². The molecule has 1 N–H and O–H groups in total. The van der Waals surface area contributed by atoms with E-state index in [1.165, 1.54) is 12.1 Å². The van der Waals surface area contributed by atoms with Gasteiger partial charge in [-0.05, 0) is 76.0 Å². The molecule has 1 aliphatic carbocycles. The van der Waals surface area contributed by atoms with Crippen LogP contribution in [0.15, 0.2) is 24.3 Å². The minimum atomic E-state index is -0.486. The van der Waals surface area contributed by atoms with Gasteiger partial charge < -0.3 is 15.0 Å². The molecular weight excluding hydrogens is 359 g/mol. The van der Waals surface area contributed by atoms with Crippen molar-refractivity contribution >= 4 is 12.0 Å². The van der Waals surface area contributed by atoms with E-state index in [1.807, 2.05) is 26.8 Å². The quantitative estimate of drug-likeness (QED) is 0.824. The van der Waals surface area contributed by atoms with Crippen molar-refractivity contribution in [3.05, 3.63) is 35.6 Å². The maximum absolute atomic E-state index is 13.3. The number of likely N-dealkylation sites (tertiary alicyclic amines) is 1. The molecule has 0 spiro atoms. The van der Waals surface area contributed by atoms with Crippen LogP contribution < -0.4 is 5.32 Å². The summed E-state index contributed by atoms with van der Waals surface area (Å²) in [5, 5.41) is 3.02. The summed E-state index contributed by atoms with van der Waals surface area (Å²) in [6.07, 6.45) is 3.40. The van der Waals surface area contributed by atoms with Crippen LogP contribution >= 0.6 is 0 Å². The van der Waals surface area contributed by atoms with E-state index in [0.717, 1.165) is 37.8 Å². The van der Waals surface area contributed by atoms with Gasteiger partial charge in [0.1, 0.15) is 11.4 Å². The normalized spacial score (nSPS) is 24.6. The average Bonchev–Trinajstić information content (AvgIpc) is 3.41. The van der Waals surface area contributed by atoms with Crippen molar-refractivity contribution in [3.8, 4) is 0 Å². The van der Waals surface area contributed by atoms with E-state index < -0.39 is 5.60 Å². The number of nitrogens with one attached hydrogen (secondary N) is 1. The van der Waals surface area contributed by atoms with E-state index in [2.05, 4.69) is 5.32 Å². The van der Waals surface area contributed by atoms with E-state index >= 15 is 0 Å². The number of rotatable bonds is 5. The van der Waals surface area contributed by atoms with E-state index in [-0.39, 0.29) is 29.7 Å². The second-order valence-corrected chi connectivity index (χ2v) is 9.02. The molecule has 3 atom stereocenters. The molecule has 0 radical (unpaired) electrons. The van der Waals surface area contributed by atoms with Crippen molar-refractivity contribution < 1.29 is 18.7 Å². The molecule has 1 saturated heterocycles. The van der Waals surface area contributed by atoms with Gasteiger partial charge in [-0.3, -0.25) is 4.79 Å². The Morgan fingerprint density at radius 1 is 1.32 bits per heavy atom. The van der Waals surface area contributed by atoms with Crippen molar-refractivity contribution in [1.82, 2.24) is 10.2 Å². The Bertz CT molecular complexity index is 716. The van der Waals surface area contributed by atoms with Gasteiger partial charge in [0.2, 0.25) is 5.91 Å². The summed E-state index contributed by atoms with van der Waals surface area (Å²) in [6.45, 7) is 7.64. The first-order valence-corrected chi connectivity index (χ1v) is 10.2. The first kappa shape index (κ1) is 20.6. The van der Waals surface area contributed by atoms with Gasteiger partial charge >= 0.3 is 6.09 Å². The minimum Gasteiger partial charge on any atom is -0.444 e. The zero-order chi connectivity index (χ0) is 20.3. The van der Waals surface area contributed by atoms with Crippen molar-refractivity contribution in [2.75, 3.05) is 19.6 Å². The molecule has 28 heavy (non-hydrogen) atoms. The molecule has 2 amide bonds. The Hall–Kier alpha value is -2.11. The van der Waals surface area contributed by atoms with Crippen molar-refractivity contribution in [3.63, 3.8) is 0 Å². The minimum absolute atomic E-state index is 0.0496. The summed E-state index contributed by atoms with van der Waals surface area (Å²) < 4.78 is 18.8. The summed E-state index contributed by atoms with van der Waals surface area (Å²) in [6, 6.07) is 6.52. The number of nitrogens with zero attached hydrogens (tertiary/aromatic N) is 1. The van der Waals surface area contributed by atoms with Crippen LogP contribution in [0.25, 0.3) is 0 Å². The summed E-state index contributed by atoms with van der Waals surface area (Å²) >= 11 is 0. The van der Waals surface area contributed by atoms with Crippen molar-refractivity contribution in [1.29, 1.82) is 0 Å². The number of carbonyl (C=O) groups excluding carboxylic acids is 2. The van der Waals surface area contributed by atoms with Crippen LogP contribution in [-0.2, 0) is 9.53 Å². The van der Waals surface area contributed by atoms with Crippen LogP contribution in [0.2, 0.25) is 0 Å². The van der Waals surface area contributed by atoms with Crippen LogP contribution in [0.4, 0.5) is 9.18 Å². The second-order valence-electron chi connectivity index (χ2n) is 9.02. The zero-order valence-corrected chi connectivity index (χ0v) is 17.0. The molecule has 0 aromatic heterocycles.